The van der Waals surface area contributed by atoms with Crippen LogP contribution in [0.4, 0.5) is 5.95 Å². The maximum Gasteiger partial charge on any atom is 0.225 e. The first-order valence-electron chi connectivity index (χ1n) is 6.16. The molecule has 1 saturated heterocycles. The van der Waals surface area contributed by atoms with Crippen molar-refractivity contribution in [2.75, 3.05) is 31.1 Å². The van der Waals surface area contributed by atoms with Gasteiger partial charge in [0.05, 0.1) is 5.69 Å². The van der Waals surface area contributed by atoms with Gasteiger partial charge in [0, 0.05) is 32.4 Å². The molecule has 2 heterocycles. The number of hydrogen-bond donors (Lipinski definition) is 1. The fourth-order valence-corrected chi connectivity index (χ4v) is 2.56. The van der Waals surface area contributed by atoms with Gasteiger partial charge in [-0.3, -0.25) is 0 Å². The van der Waals surface area contributed by atoms with Crippen molar-refractivity contribution >= 4 is 5.95 Å². The highest BCUT2D eigenvalue weighted by Gasteiger charge is 2.22. The van der Waals surface area contributed by atoms with Crippen molar-refractivity contribution in [3.8, 4) is 0 Å². The maximum absolute atomic E-state index is 4.74. The molecule has 1 fully saturated rings. The molecule has 0 aromatic carbocycles. The molecule has 16 heavy (non-hydrogen) atoms. The van der Waals surface area contributed by atoms with E-state index in [0.29, 0.717) is 5.92 Å². The normalized spacial score (nSPS) is 24.6. The highest BCUT2D eigenvalue weighted by Crippen LogP contribution is 2.31. The van der Waals surface area contributed by atoms with Crippen molar-refractivity contribution in [1.29, 1.82) is 0 Å². The first-order chi connectivity index (χ1) is 7.84. The maximum atomic E-state index is 4.74. The van der Waals surface area contributed by atoms with Gasteiger partial charge >= 0.3 is 0 Å². The molecule has 86 valence electrons. The Balaban J connectivity index is 1.88. The van der Waals surface area contributed by atoms with Crippen LogP contribution in [0, 0.1) is 0 Å². The summed E-state index contributed by atoms with van der Waals surface area (Å²) in [5.74, 6) is 1.54. The summed E-state index contributed by atoms with van der Waals surface area (Å²) in [4.78, 5) is 11.5. The van der Waals surface area contributed by atoms with Gasteiger partial charge in [-0.15, -0.1) is 0 Å². The zero-order valence-electron chi connectivity index (χ0n) is 9.74. The number of hydrogen-bond acceptors (Lipinski definition) is 4. The number of anilines is 1. The molecule has 1 atom stereocenters. The summed E-state index contributed by atoms with van der Waals surface area (Å²) in [5, 5.41) is 3.35. The van der Waals surface area contributed by atoms with E-state index in [2.05, 4.69) is 22.1 Å². The standard InChI is InChI=1S/C12H18N4/c1-9-2-3-10-8-14-12(15-11(9)10)16-6-4-13-5-7-16/h8-9,13H,2-7H2,1H3. The van der Waals surface area contributed by atoms with Crippen molar-refractivity contribution in [3.63, 3.8) is 0 Å². The molecule has 1 unspecified atom stereocenters. The van der Waals surface area contributed by atoms with E-state index in [1.807, 2.05) is 6.20 Å². The molecular weight excluding hydrogens is 200 g/mol. The van der Waals surface area contributed by atoms with Crippen molar-refractivity contribution < 1.29 is 0 Å². The fraction of sp³-hybridized carbons (Fsp3) is 0.667. The zero-order valence-corrected chi connectivity index (χ0v) is 9.74. The third-order valence-corrected chi connectivity index (χ3v) is 3.60. The molecule has 4 heteroatoms. The lowest BCUT2D eigenvalue weighted by Crippen LogP contribution is -2.44. The molecule has 0 radical (unpaired) electrons. The Bertz CT molecular complexity index is 385. The molecular formula is C12H18N4. The second-order valence-electron chi connectivity index (χ2n) is 4.76. The van der Waals surface area contributed by atoms with Gasteiger partial charge in [0.15, 0.2) is 0 Å². The van der Waals surface area contributed by atoms with Crippen LogP contribution in [0.3, 0.4) is 0 Å². The molecule has 1 N–H and O–H groups in total. The van der Waals surface area contributed by atoms with E-state index in [1.54, 1.807) is 0 Å². The molecule has 0 amide bonds. The molecule has 4 nitrogen and oxygen atoms in total. The fourth-order valence-electron chi connectivity index (χ4n) is 2.56. The van der Waals surface area contributed by atoms with Gasteiger partial charge in [-0.2, -0.15) is 0 Å². The van der Waals surface area contributed by atoms with Crippen LogP contribution >= 0.6 is 0 Å². The highest BCUT2D eigenvalue weighted by molar-refractivity contribution is 5.37. The van der Waals surface area contributed by atoms with Crippen molar-refractivity contribution in [1.82, 2.24) is 15.3 Å². The Morgan fingerprint density at radius 3 is 3.00 bits per heavy atom. The van der Waals surface area contributed by atoms with Crippen LogP contribution in [0.25, 0.3) is 0 Å². The van der Waals surface area contributed by atoms with E-state index in [0.717, 1.165) is 38.5 Å². The molecule has 1 aliphatic carbocycles. The number of aryl methyl sites for hydroxylation is 1. The van der Waals surface area contributed by atoms with Crippen LogP contribution in [-0.2, 0) is 6.42 Å². The summed E-state index contributed by atoms with van der Waals surface area (Å²) >= 11 is 0. The Morgan fingerprint density at radius 1 is 1.38 bits per heavy atom. The van der Waals surface area contributed by atoms with Gasteiger partial charge in [0.2, 0.25) is 5.95 Å². The molecule has 1 aliphatic heterocycles. The predicted octanol–water partition coefficient (Wildman–Crippen LogP) is 0.936. The van der Waals surface area contributed by atoms with Crippen LogP contribution in [0.15, 0.2) is 6.20 Å². The topological polar surface area (TPSA) is 41.1 Å². The second kappa shape index (κ2) is 4.01. The lowest BCUT2D eigenvalue weighted by Gasteiger charge is -2.27. The minimum Gasteiger partial charge on any atom is -0.338 e. The Hall–Kier alpha value is -1.16. The van der Waals surface area contributed by atoms with Crippen LogP contribution in [0.5, 0.6) is 0 Å². The Labute approximate surface area is 96.1 Å². The van der Waals surface area contributed by atoms with E-state index in [-0.39, 0.29) is 0 Å². The van der Waals surface area contributed by atoms with Crippen LogP contribution in [-0.4, -0.2) is 36.1 Å². The van der Waals surface area contributed by atoms with Crippen molar-refractivity contribution in [2.24, 2.45) is 0 Å². The molecule has 0 spiro atoms. The molecule has 0 bridgehead atoms. The Morgan fingerprint density at radius 2 is 2.19 bits per heavy atom. The summed E-state index contributed by atoms with van der Waals surface area (Å²) < 4.78 is 0. The average molecular weight is 218 g/mol. The van der Waals surface area contributed by atoms with Gasteiger partial charge in [-0.05, 0) is 24.3 Å². The van der Waals surface area contributed by atoms with Crippen LogP contribution in [0.2, 0.25) is 0 Å². The largest absolute Gasteiger partial charge is 0.338 e. The van der Waals surface area contributed by atoms with E-state index in [1.165, 1.54) is 17.7 Å². The first kappa shape index (κ1) is 10.0. The summed E-state index contributed by atoms with van der Waals surface area (Å²) in [6.45, 7) is 6.38. The molecule has 2 aliphatic rings. The quantitative estimate of drug-likeness (QED) is 0.761. The van der Waals surface area contributed by atoms with Gasteiger partial charge in [-0.1, -0.05) is 6.92 Å². The molecule has 0 saturated carbocycles. The van der Waals surface area contributed by atoms with Crippen molar-refractivity contribution in [3.05, 3.63) is 17.5 Å². The van der Waals surface area contributed by atoms with Gasteiger partial charge in [0.1, 0.15) is 0 Å². The summed E-state index contributed by atoms with van der Waals surface area (Å²) in [7, 11) is 0. The third-order valence-electron chi connectivity index (χ3n) is 3.60. The summed E-state index contributed by atoms with van der Waals surface area (Å²) in [6.07, 6.45) is 4.41. The van der Waals surface area contributed by atoms with Gasteiger partial charge < -0.3 is 10.2 Å². The minimum atomic E-state index is 0.611. The lowest BCUT2D eigenvalue weighted by atomic mass is 10.1. The average Bonchev–Trinajstić information content (AvgIpc) is 2.72. The first-order valence-corrected chi connectivity index (χ1v) is 6.16. The highest BCUT2D eigenvalue weighted by atomic mass is 15.3. The van der Waals surface area contributed by atoms with Gasteiger partial charge in [0.25, 0.3) is 0 Å². The number of fused-ring (bicyclic) bond motifs is 1. The minimum absolute atomic E-state index is 0.611. The molecule has 1 aromatic rings. The number of nitrogens with one attached hydrogen (secondary N) is 1. The zero-order chi connectivity index (χ0) is 11.0. The number of piperazine rings is 1. The van der Waals surface area contributed by atoms with E-state index in [4.69, 9.17) is 4.98 Å². The second-order valence-corrected chi connectivity index (χ2v) is 4.76. The number of nitrogens with zero attached hydrogens (tertiary/aromatic N) is 3. The number of rotatable bonds is 1. The van der Waals surface area contributed by atoms with E-state index in [9.17, 15) is 0 Å². The monoisotopic (exact) mass is 218 g/mol. The van der Waals surface area contributed by atoms with Crippen LogP contribution in [0.1, 0.15) is 30.5 Å². The van der Waals surface area contributed by atoms with Gasteiger partial charge in [-0.25, -0.2) is 9.97 Å². The SMILES string of the molecule is CC1CCc2cnc(N3CCNCC3)nc21. The number of aromatic nitrogens is 2. The molecule has 1 aromatic heterocycles. The molecule has 3 rings (SSSR count). The van der Waals surface area contributed by atoms with E-state index < -0.39 is 0 Å². The third kappa shape index (κ3) is 1.67. The summed E-state index contributed by atoms with van der Waals surface area (Å²) in [5.41, 5.74) is 2.63. The van der Waals surface area contributed by atoms with E-state index >= 15 is 0 Å². The Kier molecular flexibility index (Phi) is 2.52. The lowest BCUT2D eigenvalue weighted by molar-refractivity contribution is 0.578. The smallest absolute Gasteiger partial charge is 0.225 e. The predicted molar refractivity (Wildman–Crippen MR) is 63.9 cm³/mol. The van der Waals surface area contributed by atoms with Crippen LogP contribution < -0.4 is 10.2 Å². The summed E-state index contributed by atoms with van der Waals surface area (Å²) in [6, 6.07) is 0. The van der Waals surface area contributed by atoms with Crippen molar-refractivity contribution in [2.45, 2.75) is 25.7 Å².